The summed E-state index contributed by atoms with van der Waals surface area (Å²) in [4.78, 5) is 0. The summed E-state index contributed by atoms with van der Waals surface area (Å²) in [6.45, 7) is 0.836. The minimum absolute atomic E-state index is 0.185. The van der Waals surface area contributed by atoms with Gasteiger partial charge in [-0.2, -0.15) is 0 Å². The van der Waals surface area contributed by atoms with Crippen LogP contribution in [0, 0.1) is 5.41 Å². The molecule has 0 bridgehead atoms. The quantitative estimate of drug-likeness (QED) is 0.695. The van der Waals surface area contributed by atoms with Crippen LogP contribution in [0.1, 0.15) is 12.8 Å². The zero-order valence-corrected chi connectivity index (χ0v) is 8.77. The van der Waals surface area contributed by atoms with E-state index in [0.717, 1.165) is 6.42 Å². The van der Waals surface area contributed by atoms with Crippen LogP contribution in [-0.2, 0) is 14.6 Å². The monoisotopic (exact) mass is 207 g/mol. The number of sulfone groups is 1. The summed E-state index contributed by atoms with van der Waals surface area (Å²) in [5.74, 6) is 0.489. The van der Waals surface area contributed by atoms with Crippen molar-refractivity contribution >= 4 is 9.84 Å². The Hall–Kier alpha value is -0.130. The molecule has 0 amide bonds. The molecule has 78 valence electrons. The summed E-state index contributed by atoms with van der Waals surface area (Å²) >= 11 is 0. The molecule has 5 heteroatoms. The lowest BCUT2D eigenvalue weighted by Crippen LogP contribution is -2.45. The smallest absolute Gasteiger partial charge is 0.151 e. The van der Waals surface area contributed by atoms with Crippen LogP contribution in [0.3, 0.4) is 0 Å². The van der Waals surface area contributed by atoms with Crippen LogP contribution >= 0.6 is 0 Å². The Morgan fingerprint density at radius 1 is 1.54 bits per heavy atom. The highest BCUT2D eigenvalue weighted by molar-refractivity contribution is 7.91. The molecular weight excluding hydrogens is 190 g/mol. The Labute approximate surface area is 79.4 Å². The molecule has 1 aliphatic heterocycles. The molecule has 1 aliphatic rings. The van der Waals surface area contributed by atoms with Crippen LogP contribution in [-0.4, -0.2) is 40.2 Å². The molecule has 13 heavy (non-hydrogen) atoms. The number of nitrogens with two attached hydrogens (primary N) is 1. The van der Waals surface area contributed by atoms with E-state index in [-0.39, 0.29) is 11.2 Å². The fourth-order valence-corrected chi connectivity index (χ4v) is 3.92. The molecule has 4 nitrogen and oxygen atoms in total. The number of hydrogen-bond acceptors (Lipinski definition) is 4. The van der Waals surface area contributed by atoms with E-state index in [1.807, 2.05) is 0 Å². The van der Waals surface area contributed by atoms with Crippen molar-refractivity contribution < 1.29 is 13.2 Å². The first-order valence-corrected chi connectivity index (χ1v) is 6.25. The summed E-state index contributed by atoms with van der Waals surface area (Å²) in [7, 11) is -1.30. The highest BCUT2D eigenvalue weighted by atomic mass is 32.2. The molecule has 0 saturated carbocycles. The maximum absolute atomic E-state index is 11.4. The Morgan fingerprint density at radius 3 is 2.69 bits per heavy atom. The van der Waals surface area contributed by atoms with E-state index in [2.05, 4.69) is 0 Å². The Bertz CT molecular complexity index is 259. The summed E-state index contributed by atoms with van der Waals surface area (Å²) in [5.41, 5.74) is 5.27. The van der Waals surface area contributed by atoms with E-state index in [1.165, 1.54) is 0 Å². The van der Waals surface area contributed by atoms with Gasteiger partial charge in [-0.05, 0) is 12.8 Å². The third-order valence-electron chi connectivity index (χ3n) is 2.57. The van der Waals surface area contributed by atoms with Crippen molar-refractivity contribution in [2.45, 2.75) is 12.8 Å². The standard InChI is InChI=1S/C8H17NO3S/c1-12-6-8(5-9)3-2-4-13(10,11)7-8/h2-7,9H2,1H3. The van der Waals surface area contributed by atoms with Crippen molar-refractivity contribution in [1.82, 2.24) is 0 Å². The van der Waals surface area contributed by atoms with E-state index in [4.69, 9.17) is 10.5 Å². The third-order valence-corrected chi connectivity index (χ3v) is 4.53. The van der Waals surface area contributed by atoms with Gasteiger partial charge in [0.05, 0.1) is 18.1 Å². The molecule has 1 heterocycles. The van der Waals surface area contributed by atoms with Crippen LogP contribution in [0.25, 0.3) is 0 Å². The van der Waals surface area contributed by atoms with Gasteiger partial charge in [0.1, 0.15) is 0 Å². The molecule has 0 aromatic rings. The van der Waals surface area contributed by atoms with Crippen molar-refractivity contribution in [1.29, 1.82) is 0 Å². The van der Waals surface area contributed by atoms with E-state index in [1.54, 1.807) is 7.11 Å². The molecule has 1 atom stereocenters. The first kappa shape index (κ1) is 10.9. The maximum atomic E-state index is 11.4. The van der Waals surface area contributed by atoms with E-state index in [0.29, 0.717) is 25.3 Å². The molecule has 2 N–H and O–H groups in total. The molecular formula is C8H17NO3S. The van der Waals surface area contributed by atoms with Gasteiger partial charge in [-0.1, -0.05) is 0 Å². The first-order valence-electron chi connectivity index (χ1n) is 4.43. The van der Waals surface area contributed by atoms with Crippen molar-refractivity contribution in [3.8, 4) is 0 Å². The average Bonchev–Trinajstić information content (AvgIpc) is 2.03. The Morgan fingerprint density at radius 2 is 2.23 bits per heavy atom. The summed E-state index contributed by atoms with van der Waals surface area (Å²) in [5, 5.41) is 0. The van der Waals surface area contributed by atoms with Gasteiger partial charge in [0.25, 0.3) is 0 Å². The number of methoxy groups -OCH3 is 1. The van der Waals surface area contributed by atoms with Gasteiger partial charge in [0, 0.05) is 19.1 Å². The van der Waals surface area contributed by atoms with Crippen LogP contribution < -0.4 is 5.73 Å². The van der Waals surface area contributed by atoms with Crippen molar-refractivity contribution in [2.24, 2.45) is 11.1 Å². The van der Waals surface area contributed by atoms with E-state index >= 15 is 0 Å². The van der Waals surface area contributed by atoms with Gasteiger partial charge in [-0.25, -0.2) is 8.42 Å². The lowest BCUT2D eigenvalue weighted by molar-refractivity contribution is 0.0900. The molecule has 0 aromatic heterocycles. The predicted octanol–water partition coefficient (Wildman–Crippen LogP) is -0.213. The SMILES string of the molecule is COCC1(CN)CCCS(=O)(=O)C1. The lowest BCUT2D eigenvalue weighted by atomic mass is 9.86. The molecule has 1 fully saturated rings. The van der Waals surface area contributed by atoms with Gasteiger partial charge in [0.2, 0.25) is 0 Å². The second-order valence-corrected chi connectivity index (χ2v) is 6.02. The van der Waals surface area contributed by atoms with E-state index < -0.39 is 9.84 Å². The van der Waals surface area contributed by atoms with Crippen molar-refractivity contribution in [3.05, 3.63) is 0 Å². The first-order chi connectivity index (χ1) is 6.04. The van der Waals surface area contributed by atoms with Crippen LogP contribution in [0.2, 0.25) is 0 Å². The van der Waals surface area contributed by atoms with Gasteiger partial charge in [-0.3, -0.25) is 0 Å². The summed E-state index contributed by atoms with van der Waals surface area (Å²) in [6.07, 6.45) is 1.57. The van der Waals surface area contributed by atoms with Crippen LogP contribution in [0.15, 0.2) is 0 Å². The topological polar surface area (TPSA) is 69.4 Å². The minimum Gasteiger partial charge on any atom is -0.384 e. The highest BCUT2D eigenvalue weighted by Gasteiger charge is 2.37. The Balaban J connectivity index is 2.76. The maximum Gasteiger partial charge on any atom is 0.151 e. The molecule has 1 rings (SSSR count). The minimum atomic E-state index is -2.88. The van der Waals surface area contributed by atoms with Gasteiger partial charge in [-0.15, -0.1) is 0 Å². The average molecular weight is 207 g/mol. The normalized spacial score (nSPS) is 33.1. The fourth-order valence-electron chi connectivity index (χ4n) is 1.92. The van der Waals surface area contributed by atoms with Gasteiger partial charge < -0.3 is 10.5 Å². The molecule has 0 aromatic carbocycles. The van der Waals surface area contributed by atoms with E-state index in [9.17, 15) is 8.42 Å². The van der Waals surface area contributed by atoms with Crippen molar-refractivity contribution in [2.75, 3.05) is 31.8 Å². The molecule has 0 radical (unpaired) electrons. The second kappa shape index (κ2) is 3.94. The number of ether oxygens (including phenoxy) is 1. The Kier molecular flexibility index (Phi) is 3.32. The summed E-state index contributed by atoms with van der Waals surface area (Å²) in [6, 6.07) is 0. The zero-order valence-electron chi connectivity index (χ0n) is 7.95. The highest BCUT2D eigenvalue weighted by Crippen LogP contribution is 2.30. The molecule has 0 aliphatic carbocycles. The second-order valence-electron chi connectivity index (χ2n) is 3.83. The zero-order chi connectivity index (χ0) is 9.95. The molecule has 1 unspecified atom stereocenters. The number of rotatable bonds is 3. The largest absolute Gasteiger partial charge is 0.384 e. The van der Waals surface area contributed by atoms with Gasteiger partial charge >= 0.3 is 0 Å². The molecule has 1 saturated heterocycles. The van der Waals surface area contributed by atoms with Gasteiger partial charge in [0.15, 0.2) is 9.84 Å². The summed E-state index contributed by atoms with van der Waals surface area (Å²) < 4.78 is 27.8. The van der Waals surface area contributed by atoms with Crippen LogP contribution in [0.5, 0.6) is 0 Å². The fraction of sp³-hybridized carbons (Fsp3) is 1.00. The van der Waals surface area contributed by atoms with Crippen LogP contribution in [0.4, 0.5) is 0 Å². The molecule has 0 spiro atoms. The number of hydrogen-bond donors (Lipinski definition) is 1. The predicted molar refractivity (Wildman–Crippen MR) is 51.3 cm³/mol. The van der Waals surface area contributed by atoms with Crippen molar-refractivity contribution in [3.63, 3.8) is 0 Å². The lowest BCUT2D eigenvalue weighted by Gasteiger charge is -2.34. The third kappa shape index (κ3) is 2.65.